The first-order chi connectivity index (χ1) is 8.74. The van der Waals surface area contributed by atoms with Crippen LogP contribution in [0.25, 0.3) is 0 Å². The molecule has 2 aliphatic heterocycles. The standard InChI is InChI=1S/C13H16N2O3.ClH/c14-10-3-5-15(6-4-10)13(16)9-1-2-11-12(7-9)18-8-17-11;/h1-2,7,10H,3-6,8,14H2;1H. The van der Waals surface area contributed by atoms with Crippen molar-refractivity contribution in [3.8, 4) is 11.5 Å². The van der Waals surface area contributed by atoms with Gasteiger partial charge in [-0.05, 0) is 31.0 Å². The molecule has 19 heavy (non-hydrogen) atoms. The summed E-state index contributed by atoms with van der Waals surface area (Å²) < 4.78 is 10.5. The highest BCUT2D eigenvalue weighted by Gasteiger charge is 2.23. The molecule has 1 fully saturated rings. The summed E-state index contributed by atoms with van der Waals surface area (Å²) in [5.74, 6) is 1.39. The first-order valence-electron chi connectivity index (χ1n) is 6.18. The van der Waals surface area contributed by atoms with Crippen molar-refractivity contribution in [2.24, 2.45) is 5.73 Å². The highest BCUT2D eigenvalue weighted by molar-refractivity contribution is 5.95. The second kappa shape index (κ2) is 5.67. The second-order valence-electron chi connectivity index (χ2n) is 4.70. The van der Waals surface area contributed by atoms with E-state index in [2.05, 4.69) is 0 Å². The van der Waals surface area contributed by atoms with E-state index in [1.54, 1.807) is 18.2 Å². The number of hydrogen-bond acceptors (Lipinski definition) is 4. The van der Waals surface area contributed by atoms with Crippen LogP contribution in [0.3, 0.4) is 0 Å². The Balaban J connectivity index is 0.00000133. The monoisotopic (exact) mass is 284 g/mol. The van der Waals surface area contributed by atoms with Crippen LogP contribution in [0, 0.1) is 0 Å². The molecule has 2 aliphatic rings. The summed E-state index contributed by atoms with van der Waals surface area (Å²) in [5, 5.41) is 0. The number of carbonyl (C=O) groups excluding carboxylic acids is 1. The van der Waals surface area contributed by atoms with E-state index in [1.165, 1.54) is 0 Å². The Kier molecular flexibility index (Phi) is 4.17. The van der Waals surface area contributed by atoms with Crippen molar-refractivity contribution in [1.82, 2.24) is 4.90 Å². The molecule has 0 bridgehead atoms. The lowest BCUT2D eigenvalue weighted by molar-refractivity contribution is 0.0714. The third-order valence-corrected chi connectivity index (χ3v) is 3.45. The van der Waals surface area contributed by atoms with Gasteiger partial charge in [0.05, 0.1) is 0 Å². The van der Waals surface area contributed by atoms with E-state index in [1.807, 2.05) is 4.90 Å². The summed E-state index contributed by atoms with van der Waals surface area (Å²) >= 11 is 0. The predicted molar refractivity (Wildman–Crippen MR) is 72.9 cm³/mol. The molecule has 1 aromatic rings. The molecule has 0 aliphatic carbocycles. The molecule has 0 saturated carbocycles. The molecule has 3 rings (SSSR count). The highest BCUT2D eigenvalue weighted by Crippen LogP contribution is 2.32. The van der Waals surface area contributed by atoms with Gasteiger partial charge in [-0.2, -0.15) is 0 Å². The van der Waals surface area contributed by atoms with Gasteiger partial charge < -0.3 is 20.1 Å². The quantitative estimate of drug-likeness (QED) is 0.847. The normalized spacial score (nSPS) is 18.1. The fraction of sp³-hybridized carbons (Fsp3) is 0.462. The van der Waals surface area contributed by atoms with Crippen molar-refractivity contribution < 1.29 is 14.3 Å². The number of fused-ring (bicyclic) bond motifs is 1. The van der Waals surface area contributed by atoms with Crippen molar-refractivity contribution >= 4 is 18.3 Å². The molecule has 1 amide bonds. The van der Waals surface area contributed by atoms with Crippen LogP contribution in [-0.2, 0) is 0 Å². The van der Waals surface area contributed by atoms with Gasteiger partial charge in [0.15, 0.2) is 11.5 Å². The number of halogens is 1. The molecule has 0 unspecified atom stereocenters. The third-order valence-electron chi connectivity index (χ3n) is 3.45. The van der Waals surface area contributed by atoms with Gasteiger partial charge in [0.2, 0.25) is 6.79 Å². The molecule has 6 heteroatoms. The smallest absolute Gasteiger partial charge is 0.253 e. The van der Waals surface area contributed by atoms with Crippen molar-refractivity contribution in [1.29, 1.82) is 0 Å². The van der Waals surface area contributed by atoms with E-state index in [9.17, 15) is 4.79 Å². The van der Waals surface area contributed by atoms with E-state index < -0.39 is 0 Å². The number of likely N-dealkylation sites (tertiary alicyclic amines) is 1. The summed E-state index contributed by atoms with van der Waals surface area (Å²) in [6.45, 7) is 1.69. The molecule has 2 N–H and O–H groups in total. The van der Waals surface area contributed by atoms with Gasteiger partial charge in [0.1, 0.15) is 0 Å². The van der Waals surface area contributed by atoms with Crippen LogP contribution in [0.2, 0.25) is 0 Å². The number of piperidine rings is 1. The number of benzene rings is 1. The zero-order chi connectivity index (χ0) is 12.5. The minimum Gasteiger partial charge on any atom is -0.454 e. The van der Waals surface area contributed by atoms with E-state index in [4.69, 9.17) is 15.2 Å². The zero-order valence-corrected chi connectivity index (χ0v) is 11.3. The van der Waals surface area contributed by atoms with Crippen molar-refractivity contribution in [3.63, 3.8) is 0 Å². The summed E-state index contributed by atoms with van der Waals surface area (Å²) in [6.07, 6.45) is 1.74. The molecule has 1 aromatic carbocycles. The van der Waals surface area contributed by atoms with Gasteiger partial charge in [-0.25, -0.2) is 0 Å². The summed E-state index contributed by atoms with van der Waals surface area (Å²) in [6, 6.07) is 5.54. The Morgan fingerprint density at radius 1 is 1.21 bits per heavy atom. The number of nitrogens with two attached hydrogens (primary N) is 1. The lowest BCUT2D eigenvalue weighted by atomic mass is 10.0. The first-order valence-corrected chi connectivity index (χ1v) is 6.18. The third kappa shape index (κ3) is 2.77. The number of amides is 1. The van der Waals surface area contributed by atoms with Crippen LogP contribution >= 0.6 is 12.4 Å². The maximum Gasteiger partial charge on any atom is 0.253 e. The Labute approximate surface area is 118 Å². The maximum atomic E-state index is 12.3. The molecular formula is C13H17ClN2O3. The largest absolute Gasteiger partial charge is 0.454 e. The number of carbonyl (C=O) groups is 1. The van der Waals surface area contributed by atoms with E-state index in [-0.39, 0.29) is 31.1 Å². The SMILES string of the molecule is Cl.NC1CCN(C(=O)c2ccc3c(c2)OCO3)CC1. The fourth-order valence-corrected chi connectivity index (χ4v) is 2.31. The van der Waals surface area contributed by atoms with Crippen molar-refractivity contribution in [3.05, 3.63) is 23.8 Å². The topological polar surface area (TPSA) is 64.8 Å². The number of hydrogen-bond donors (Lipinski definition) is 1. The molecule has 5 nitrogen and oxygen atoms in total. The molecule has 0 atom stereocenters. The molecule has 1 saturated heterocycles. The molecule has 2 heterocycles. The fourth-order valence-electron chi connectivity index (χ4n) is 2.31. The zero-order valence-electron chi connectivity index (χ0n) is 10.5. The molecule has 0 aromatic heterocycles. The predicted octanol–water partition coefficient (Wildman–Crippen LogP) is 1.40. The van der Waals surface area contributed by atoms with Gasteiger partial charge in [0, 0.05) is 24.7 Å². The van der Waals surface area contributed by atoms with E-state index >= 15 is 0 Å². The van der Waals surface area contributed by atoms with Crippen LogP contribution < -0.4 is 15.2 Å². The lowest BCUT2D eigenvalue weighted by Gasteiger charge is -2.30. The first kappa shape index (κ1) is 14.0. The number of nitrogens with zero attached hydrogens (tertiary/aromatic N) is 1. The van der Waals surface area contributed by atoms with Gasteiger partial charge in [0.25, 0.3) is 5.91 Å². The van der Waals surface area contributed by atoms with Gasteiger partial charge in [-0.3, -0.25) is 4.79 Å². The molecular weight excluding hydrogens is 268 g/mol. The number of rotatable bonds is 1. The number of ether oxygens (including phenoxy) is 2. The summed E-state index contributed by atoms with van der Waals surface area (Å²) in [7, 11) is 0. The van der Waals surface area contributed by atoms with Crippen LogP contribution in [0.4, 0.5) is 0 Å². The Morgan fingerprint density at radius 3 is 2.63 bits per heavy atom. The average molecular weight is 285 g/mol. The van der Waals surface area contributed by atoms with Crippen LogP contribution in [0.5, 0.6) is 11.5 Å². The summed E-state index contributed by atoms with van der Waals surface area (Å²) in [5.41, 5.74) is 6.48. The van der Waals surface area contributed by atoms with Crippen LogP contribution in [0.15, 0.2) is 18.2 Å². The highest BCUT2D eigenvalue weighted by atomic mass is 35.5. The Bertz CT molecular complexity index is 473. The van der Waals surface area contributed by atoms with Crippen LogP contribution in [-0.4, -0.2) is 36.7 Å². The van der Waals surface area contributed by atoms with Crippen LogP contribution in [0.1, 0.15) is 23.2 Å². The van der Waals surface area contributed by atoms with Gasteiger partial charge in [-0.1, -0.05) is 0 Å². The minimum absolute atomic E-state index is 0. The van der Waals surface area contributed by atoms with E-state index in [0.717, 1.165) is 25.9 Å². The summed E-state index contributed by atoms with van der Waals surface area (Å²) in [4.78, 5) is 14.1. The Morgan fingerprint density at radius 2 is 1.89 bits per heavy atom. The minimum atomic E-state index is 0. The van der Waals surface area contributed by atoms with Gasteiger partial charge in [-0.15, -0.1) is 12.4 Å². The Hall–Kier alpha value is -1.46. The molecule has 104 valence electrons. The molecule has 0 radical (unpaired) electrons. The van der Waals surface area contributed by atoms with Gasteiger partial charge >= 0.3 is 0 Å². The average Bonchev–Trinajstić information content (AvgIpc) is 2.86. The van der Waals surface area contributed by atoms with Crippen molar-refractivity contribution in [2.45, 2.75) is 18.9 Å². The van der Waals surface area contributed by atoms with E-state index in [0.29, 0.717) is 17.1 Å². The van der Waals surface area contributed by atoms with Crippen molar-refractivity contribution in [2.75, 3.05) is 19.9 Å². The second-order valence-corrected chi connectivity index (χ2v) is 4.70. The molecule has 0 spiro atoms. The lowest BCUT2D eigenvalue weighted by Crippen LogP contribution is -2.42. The maximum absolute atomic E-state index is 12.3.